The molecule has 0 spiro atoms. The van der Waals surface area contributed by atoms with Gasteiger partial charge in [-0.15, -0.1) is 0 Å². The zero-order valence-electron chi connectivity index (χ0n) is 19.0. The molecule has 0 radical (unpaired) electrons. The van der Waals surface area contributed by atoms with Gasteiger partial charge >= 0.3 is 5.97 Å². The van der Waals surface area contributed by atoms with E-state index in [0.29, 0.717) is 17.6 Å². The minimum absolute atomic E-state index is 0.203. The molecule has 0 aliphatic carbocycles. The Morgan fingerprint density at radius 2 is 1.97 bits per heavy atom. The highest BCUT2D eigenvalue weighted by Gasteiger charge is 2.40. The summed E-state index contributed by atoms with van der Waals surface area (Å²) >= 11 is 0. The fourth-order valence-electron chi connectivity index (χ4n) is 5.69. The maximum absolute atomic E-state index is 11.3. The number of aromatic nitrogens is 1. The lowest BCUT2D eigenvalue weighted by Gasteiger charge is -2.45. The number of H-pyrrole nitrogens is 1. The molecule has 2 fully saturated rings. The van der Waals surface area contributed by atoms with Crippen molar-refractivity contribution in [1.82, 2.24) is 14.8 Å². The lowest BCUT2D eigenvalue weighted by Crippen LogP contribution is -2.53. The third kappa shape index (κ3) is 3.57. The summed E-state index contributed by atoms with van der Waals surface area (Å²) in [5.74, 6) is 0.0429. The number of aromatic carboxylic acids is 1. The fraction of sp³-hybridized carbons (Fsp3) is 0.423. The number of carboxylic acid groups (broad SMARTS) is 1. The molecule has 32 heavy (non-hydrogen) atoms. The zero-order chi connectivity index (χ0) is 22.4. The monoisotopic (exact) mass is 433 g/mol. The highest BCUT2D eigenvalue weighted by atomic mass is 16.5. The maximum atomic E-state index is 11.3. The normalized spacial score (nSPS) is 24.0. The van der Waals surface area contributed by atoms with E-state index in [1.807, 2.05) is 18.3 Å². The van der Waals surface area contributed by atoms with Gasteiger partial charge in [-0.1, -0.05) is 12.1 Å². The van der Waals surface area contributed by atoms with Gasteiger partial charge in [-0.3, -0.25) is 9.80 Å². The highest BCUT2D eigenvalue weighted by Crippen LogP contribution is 2.39. The number of benzene rings is 2. The average molecular weight is 434 g/mol. The minimum atomic E-state index is -0.885. The molecule has 2 aliphatic heterocycles. The van der Waals surface area contributed by atoms with Crippen LogP contribution in [0.1, 0.15) is 52.9 Å². The largest absolute Gasteiger partial charge is 0.496 e. The highest BCUT2D eigenvalue weighted by molar-refractivity contribution is 5.88. The molecular weight excluding hydrogens is 402 g/mol. The smallest absolute Gasteiger partial charge is 0.335 e. The van der Waals surface area contributed by atoms with Crippen LogP contribution in [0.2, 0.25) is 0 Å². The number of nitrogens with zero attached hydrogens (tertiary/aromatic N) is 2. The van der Waals surface area contributed by atoms with Gasteiger partial charge in [0, 0.05) is 60.4 Å². The summed E-state index contributed by atoms with van der Waals surface area (Å²) in [4.78, 5) is 19.9. The number of carbonyl (C=O) groups is 1. The van der Waals surface area contributed by atoms with Crippen molar-refractivity contribution in [1.29, 1.82) is 0 Å². The molecule has 2 saturated heterocycles. The van der Waals surface area contributed by atoms with Crippen molar-refractivity contribution < 1.29 is 14.6 Å². The molecule has 2 aromatic carbocycles. The Bertz CT molecular complexity index is 1140. The van der Waals surface area contributed by atoms with Crippen molar-refractivity contribution in [3.63, 3.8) is 0 Å². The van der Waals surface area contributed by atoms with E-state index in [2.05, 4.69) is 40.8 Å². The van der Waals surface area contributed by atoms with Crippen LogP contribution in [0, 0.1) is 6.92 Å². The van der Waals surface area contributed by atoms with E-state index in [4.69, 9.17) is 4.74 Å². The Morgan fingerprint density at radius 1 is 1.19 bits per heavy atom. The number of aryl methyl sites for hydroxylation is 1. The van der Waals surface area contributed by atoms with Crippen molar-refractivity contribution >= 4 is 16.9 Å². The van der Waals surface area contributed by atoms with E-state index in [1.165, 1.54) is 34.9 Å². The van der Waals surface area contributed by atoms with E-state index >= 15 is 0 Å². The van der Waals surface area contributed by atoms with Crippen molar-refractivity contribution in [2.45, 2.75) is 51.4 Å². The molecule has 5 rings (SSSR count). The molecule has 1 unspecified atom stereocenters. The van der Waals surface area contributed by atoms with Gasteiger partial charge in [0.05, 0.1) is 12.7 Å². The Hall–Kier alpha value is -2.83. The lowest BCUT2D eigenvalue weighted by atomic mass is 9.96. The standard InChI is InChI=1S/C26H31N3O3/c1-16-12-24(32-3)22(21-10-11-27-25(16)21)14-28-13-20-9-4-17(2)29(20)15-23(28)18-5-7-19(8-6-18)26(30)31/h5-8,10-12,17,20,23,27H,4,9,13-15H2,1-3H3,(H,30,31)/t17-,20-,23?/m0/s1. The average Bonchev–Trinajstić information content (AvgIpc) is 3.42. The van der Waals surface area contributed by atoms with Gasteiger partial charge in [0.2, 0.25) is 0 Å². The Kier molecular flexibility index (Phi) is 5.43. The number of carboxylic acids is 1. The van der Waals surface area contributed by atoms with Crippen LogP contribution in [-0.2, 0) is 6.54 Å². The summed E-state index contributed by atoms with van der Waals surface area (Å²) in [5.41, 5.74) is 5.06. The third-order valence-corrected chi connectivity index (χ3v) is 7.46. The molecule has 2 N–H and O–H groups in total. The Morgan fingerprint density at radius 3 is 2.69 bits per heavy atom. The second-order valence-electron chi connectivity index (χ2n) is 9.29. The van der Waals surface area contributed by atoms with E-state index in [9.17, 15) is 9.90 Å². The molecule has 2 aliphatic rings. The summed E-state index contributed by atoms with van der Waals surface area (Å²) in [7, 11) is 1.75. The summed E-state index contributed by atoms with van der Waals surface area (Å²) in [6, 6.07) is 13.1. The van der Waals surface area contributed by atoms with Crippen LogP contribution >= 0.6 is 0 Å². The van der Waals surface area contributed by atoms with E-state index in [-0.39, 0.29) is 6.04 Å². The van der Waals surface area contributed by atoms with Gasteiger partial charge in [0.25, 0.3) is 0 Å². The molecule has 6 heteroatoms. The first kappa shape index (κ1) is 21.0. The predicted octanol–water partition coefficient (Wildman–Crippen LogP) is 4.59. The first-order valence-corrected chi connectivity index (χ1v) is 11.4. The number of rotatable bonds is 5. The molecule has 6 nitrogen and oxygen atoms in total. The van der Waals surface area contributed by atoms with Gasteiger partial charge in [0.15, 0.2) is 0 Å². The molecule has 3 heterocycles. The van der Waals surface area contributed by atoms with Gasteiger partial charge in [-0.25, -0.2) is 4.79 Å². The van der Waals surface area contributed by atoms with Gasteiger partial charge in [-0.05, 0) is 62.1 Å². The van der Waals surface area contributed by atoms with Gasteiger partial charge < -0.3 is 14.8 Å². The Labute approximate surface area is 188 Å². The molecule has 1 aromatic heterocycles. The first-order chi connectivity index (χ1) is 15.5. The molecule has 3 atom stereocenters. The van der Waals surface area contributed by atoms with Gasteiger partial charge in [0.1, 0.15) is 5.75 Å². The van der Waals surface area contributed by atoms with Crippen LogP contribution in [0.25, 0.3) is 10.9 Å². The molecule has 0 bridgehead atoms. The van der Waals surface area contributed by atoms with Crippen LogP contribution in [-0.4, -0.2) is 58.1 Å². The van der Waals surface area contributed by atoms with Crippen molar-refractivity contribution in [3.8, 4) is 5.75 Å². The van der Waals surface area contributed by atoms with Crippen LogP contribution in [0.3, 0.4) is 0 Å². The first-order valence-electron chi connectivity index (χ1n) is 11.4. The quantitative estimate of drug-likeness (QED) is 0.616. The molecule has 3 aromatic rings. The van der Waals surface area contributed by atoms with Gasteiger partial charge in [-0.2, -0.15) is 0 Å². The summed E-state index contributed by atoms with van der Waals surface area (Å²) < 4.78 is 5.82. The van der Waals surface area contributed by atoms with Crippen LogP contribution in [0.15, 0.2) is 42.6 Å². The second-order valence-corrected chi connectivity index (χ2v) is 9.29. The molecular formula is C26H31N3O3. The van der Waals surface area contributed by atoms with Crippen LogP contribution in [0.4, 0.5) is 0 Å². The summed E-state index contributed by atoms with van der Waals surface area (Å²) in [6.45, 7) is 7.19. The van der Waals surface area contributed by atoms with E-state index in [0.717, 1.165) is 30.9 Å². The molecule has 0 amide bonds. The number of hydrogen-bond donors (Lipinski definition) is 2. The van der Waals surface area contributed by atoms with Crippen molar-refractivity contribution in [2.75, 3.05) is 20.2 Å². The van der Waals surface area contributed by atoms with Crippen LogP contribution in [0.5, 0.6) is 5.75 Å². The Balaban J connectivity index is 1.53. The minimum Gasteiger partial charge on any atom is -0.496 e. The third-order valence-electron chi connectivity index (χ3n) is 7.46. The van der Waals surface area contributed by atoms with Crippen molar-refractivity contribution in [3.05, 3.63) is 64.8 Å². The number of ether oxygens (including phenoxy) is 1. The lowest BCUT2D eigenvalue weighted by molar-refractivity contribution is 0.0285. The number of methoxy groups -OCH3 is 1. The number of fused-ring (bicyclic) bond motifs is 2. The van der Waals surface area contributed by atoms with E-state index in [1.54, 1.807) is 19.2 Å². The second kappa shape index (κ2) is 8.26. The summed E-state index contributed by atoms with van der Waals surface area (Å²) in [5, 5.41) is 10.5. The summed E-state index contributed by atoms with van der Waals surface area (Å²) in [6.07, 6.45) is 4.46. The topological polar surface area (TPSA) is 68.8 Å². The number of aromatic amines is 1. The fourth-order valence-corrected chi connectivity index (χ4v) is 5.69. The number of hydrogen-bond acceptors (Lipinski definition) is 4. The van der Waals surface area contributed by atoms with Crippen molar-refractivity contribution in [2.24, 2.45) is 0 Å². The zero-order valence-corrected chi connectivity index (χ0v) is 19.0. The SMILES string of the molecule is COc1cc(C)c2[nH]ccc2c1CN1C[C@@H]2CC[C@H](C)N2CC1c1ccc(C(=O)O)cc1. The molecule has 0 saturated carbocycles. The van der Waals surface area contributed by atoms with E-state index < -0.39 is 5.97 Å². The van der Waals surface area contributed by atoms with Crippen LogP contribution < -0.4 is 4.74 Å². The number of nitrogens with one attached hydrogen (secondary N) is 1. The number of piperazine rings is 1. The predicted molar refractivity (Wildman–Crippen MR) is 125 cm³/mol. The maximum Gasteiger partial charge on any atom is 0.335 e. The molecule has 168 valence electrons.